The normalized spacial score (nSPS) is 13.5. The van der Waals surface area contributed by atoms with Crippen LogP contribution in [0.3, 0.4) is 0 Å². The van der Waals surface area contributed by atoms with Crippen molar-refractivity contribution in [1.29, 1.82) is 0 Å². The van der Waals surface area contributed by atoms with Crippen molar-refractivity contribution in [3.8, 4) is 0 Å². The van der Waals surface area contributed by atoms with Crippen molar-refractivity contribution >= 4 is 27.5 Å². The number of nitrogens with one attached hydrogen (secondary N) is 1. The van der Waals surface area contributed by atoms with E-state index in [1.165, 1.54) is 18.2 Å². The molecule has 0 saturated heterocycles. The molecule has 0 aliphatic carbocycles. The minimum atomic E-state index is -4.48. The number of anilines is 1. The fourth-order valence-corrected chi connectivity index (χ4v) is 1.46. The Bertz CT molecular complexity index is 432. The Morgan fingerprint density at radius 1 is 1.28 bits per heavy atom. The third kappa shape index (κ3) is 3.73. The van der Waals surface area contributed by atoms with Crippen molar-refractivity contribution < 1.29 is 18.0 Å². The van der Waals surface area contributed by atoms with Gasteiger partial charge >= 0.3 is 6.18 Å². The van der Waals surface area contributed by atoms with E-state index in [-0.39, 0.29) is 11.6 Å². The van der Waals surface area contributed by atoms with Crippen LogP contribution in [0.15, 0.2) is 24.3 Å². The average Bonchev–Trinajstić information content (AvgIpc) is 2.27. The van der Waals surface area contributed by atoms with E-state index in [1.54, 1.807) is 13.8 Å². The molecule has 1 N–H and O–H groups in total. The largest absolute Gasteiger partial charge is 0.418 e. The van der Waals surface area contributed by atoms with Crippen LogP contribution in [-0.4, -0.2) is 10.7 Å². The second-order valence-corrected chi connectivity index (χ2v) is 5.16. The Morgan fingerprint density at radius 3 is 2.33 bits per heavy atom. The number of carbonyl (C=O) groups excluding carboxylic acids is 1. The molecule has 0 saturated carbocycles. The van der Waals surface area contributed by atoms with Crippen LogP contribution in [0.4, 0.5) is 18.9 Å². The van der Waals surface area contributed by atoms with Gasteiger partial charge in [0.25, 0.3) is 0 Å². The van der Waals surface area contributed by atoms with Crippen LogP contribution in [0, 0.1) is 5.92 Å². The fraction of sp³-hybridized carbons (Fsp3) is 0.417. The number of halogens is 4. The smallest absolute Gasteiger partial charge is 0.325 e. The monoisotopic (exact) mass is 323 g/mol. The van der Waals surface area contributed by atoms with Gasteiger partial charge in [0.15, 0.2) is 0 Å². The van der Waals surface area contributed by atoms with Crippen LogP contribution in [0.2, 0.25) is 0 Å². The van der Waals surface area contributed by atoms with Gasteiger partial charge in [0, 0.05) is 0 Å². The Labute approximate surface area is 112 Å². The fourth-order valence-electron chi connectivity index (χ4n) is 1.34. The number of amides is 1. The minimum Gasteiger partial charge on any atom is -0.325 e. The second-order valence-electron chi connectivity index (χ2n) is 4.18. The maximum absolute atomic E-state index is 12.7. The predicted octanol–water partition coefficient (Wildman–Crippen LogP) is 4.06. The SMILES string of the molecule is CC(C)[C@H](Br)C(=O)Nc1ccccc1C(F)(F)F. The molecule has 0 bridgehead atoms. The van der Waals surface area contributed by atoms with Crippen molar-refractivity contribution in [2.75, 3.05) is 5.32 Å². The van der Waals surface area contributed by atoms with Gasteiger partial charge in [0.2, 0.25) is 5.91 Å². The highest BCUT2D eigenvalue weighted by atomic mass is 79.9. The molecule has 1 atom stereocenters. The molecular weight excluding hydrogens is 311 g/mol. The molecule has 0 unspecified atom stereocenters. The molecule has 6 heteroatoms. The maximum Gasteiger partial charge on any atom is 0.418 e. The summed E-state index contributed by atoms with van der Waals surface area (Å²) in [7, 11) is 0. The van der Waals surface area contributed by atoms with Gasteiger partial charge in [-0.2, -0.15) is 13.2 Å². The molecule has 0 heterocycles. The quantitative estimate of drug-likeness (QED) is 0.835. The Balaban J connectivity index is 2.95. The van der Waals surface area contributed by atoms with Crippen molar-refractivity contribution in [2.24, 2.45) is 5.92 Å². The van der Waals surface area contributed by atoms with Gasteiger partial charge in [-0.05, 0) is 18.1 Å². The molecule has 0 fully saturated rings. The van der Waals surface area contributed by atoms with Crippen molar-refractivity contribution in [3.63, 3.8) is 0 Å². The summed E-state index contributed by atoms with van der Waals surface area (Å²) in [6.07, 6.45) is -4.48. The first-order valence-electron chi connectivity index (χ1n) is 5.34. The molecule has 1 aromatic rings. The van der Waals surface area contributed by atoms with E-state index >= 15 is 0 Å². The van der Waals surface area contributed by atoms with Crippen LogP contribution in [0.1, 0.15) is 19.4 Å². The third-order valence-corrected chi connectivity index (χ3v) is 3.80. The first-order chi connectivity index (χ1) is 8.23. The summed E-state index contributed by atoms with van der Waals surface area (Å²) in [6.45, 7) is 3.60. The van der Waals surface area contributed by atoms with E-state index in [4.69, 9.17) is 0 Å². The summed E-state index contributed by atoms with van der Waals surface area (Å²) >= 11 is 3.15. The van der Waals surface area contributed by atoms with Gasteiger partial charge in [0.1, 0.15) is 0 Å². The van der Waals surface area contributed by atoms with E-state index in [0.717, 1.165) is 6.07 Å². The lowest BCUT2D eigenvalue weighted by Gasteiger charge is -2.17. The zero-order valence-electron chi connectivity index (χ0n) is 9.88. The molecule has 1 amide bonds. The van der Waals surface area contributed by atoms with E-state index in [2.05, 4.69) is 21.2 Å². The lowest BCUT2D eigenvalue weighted by atomic mass is 10.1. The highest BCUT2D eigenvalue weighted by molar-refractivity contribution is 9.10. The molecule has 100 valence electrons. The number of para-hydroxylation sites is 1. The number of benzene rings is 1. The number of hydrogen-bond donors (Lipinski definition) is 1. The van der Waals surface area contributed by atoms with Gasteiger partial charge in [-0.1, -0.05) is 41.9 Å². The van der Waals surface area contributed by atoms with Crippen LogP contribution < -0.4 is 5.32 Å². The Hall–Kier alpha value is -1.04. The van der Waals surface area contributed by atoms with Crippen LogP contribution in [-0.2, 0) is 11.0 Å². The molecule has 0 aromatic heterocycles. The van der Waals surface area contributed by atoms with E-state index in [1.807, 2.05) is 0 Å². The third-order valence-electron chi connectivity index (χ3n) is 2.33. The predicted molar refractivity (Wildman–Crippen MR) is 67.6 cm³/mol. The second kappa shape index (κ2) is 5.73. The molecule has 1 aromatic carbocycles. The summed E-state index contributed by atoms with van der Waals surface area (Å²) in [5.41, 5.74) is -1.07. The van der Waals surface area contributed by atoms with Gasteiger partial charge < -0.3 is 5.32 Å². The van der Waals surface area contributed by atoms with Crippen molar-refractivity contribution in [2.45, 2.75) is 24.9 Å². The lowest BCUT2D eigenvalue weighted by Crippen LogP contribution is -2.28. The van der Waals surface area contributed by atoms with Crippen LogP contribution in [0.5, 0.6) is 0 Å². The molecule has 0 spiro atoms. The summed E-state index contributed by atoms with van der Waals surface area (Å²) < 4.78 is 38.1. The maximum atomic E-state index is 12.7. The van der Waals surface area contributed by atoms with E-state index in [0.29, 0.717) is 0 Å². The van der Waals surface area contributed by atoms with Gasteiger partial charge in [-0.3, -0.25) is 4.79 Å². The van der Waals surface area contributed by atoms with Gasteiger partial charge in [-0.25, -0.2) is 0 Å². The summed E-state index contributed by atoms with van der Waals surface area (Å²) in [5, 5.41) is 2.29. The van der Waals surface area contributed by atoms with Crippen molar-refractivity contribution in [1.82, 2.24) is 0 Å². The molecule has 0 aliphatic rings. The topological polar surface area (TPSA) is 29.1 Å². The standard InChI is InChI=1S/C12H13BrF3NO/c1-7(2)10(13)11(18)17-9-6-4-3-5-8(9)12(14,15)16/h3-7,10H,1-2H3,(H,17,18)/t10-/m0/s1. The summed E-state index contributed by atoms with van der Waals surface area (Å²) in [5.74, 6) is -0.496. The minimum absolute atomic E-state index is 0.0111. The molecule has 0 aliphatic heterocycles. The molecule has 18 heavy (non-hydrogen) atoms. The lowest BCUT2D eigenvalue weighted by molar-refractivity contribution is -0.137. The van der Waals surface area contributed by atoms with Gasteiger partial charge in [-0.15, -0.1) is 0 Å². The Kier molecular flexibility index (Phi) is 4.78. The summed E-state index contributed by atoms with van der Waals surface area (Å²) in [6, 6.07) is 4.91. The zero-order chi connectivity index (χ0) is 13.9. The molecule has 1 rings (SSSR count). The van der Waals surface area contributed by atoms with E-state index < -0.39 is 22.5 Å². The first-order valence-corrected chi connectivity index (χ1v) is 6.26. The number of carbonyl (C=O) groups is 1. The average molecular weight is 324 g/mol. The molecule has 0 radical (unpaired) electrons. The first kappa shape index (κ1) is 15.0. The number of rotatable bonds is 3. The van der Waals surface area contributed by atoms with Crippen LogP contribution >= 0.6 is 15.9 Å². The number of hydrogen-bond acceptors (Lipinski definition) is 1. The zero-order valence-corrected chi connectivity index (χ0v) is 11.5. The molecular formula is C12H13BrF3NO. The van der Waals surface area contributed by atoms with Crippen LogP contribution in [0.25, 0.3) is 0 Å². The highest BCUT2D eigenvalue weighted by Gasteiger charge is 2.34. The Morgan fingerprint density at radius 2 is 1.83 bits per heavy atom. The molecule has 2 nitrogen and oxygen atoms in total. The number of alkyl halides is 4. The van der Waals surface area contributed by atoms with E-state index in [9.17, 15) is 18.0 Å². The van der Waals surface area contributed by atoms with Crippen molar-refractivity contribution in [3.05, 3.63) is 29.8 Å². The van der Waals surface area contributed by atoms with Gasteiger partial charge in [0.05, 0.1) is 16.1 Å². The summed E-state index contributed by atoms with van der Waals surface area (Å²) in [4.78, 5) is 11.2. The highest BCUT2D eigenvalue weighted by Crippen LogP contribution is 2.34.